The van der Waals surface area contributed by atoms with Crippen molar-refractivity contribution in [3.8, 4) is 0 Å². The molecule has 0 aliphatic rings. The average Bonchev–Trinajstić information content (AvgIpc) is 2.98. The van der Waals surface area contributed by atoms with Gasteiger partial charge in [0.05, 0.1) is 28.5 Å². The summed E-state index contributed by atoms with van der Waals surface area (Å²) in [4.78, 5) is 21.4. The number of thiazole rings is 1. The van der Waals surface area contributed by atoms with Gasteiger partial charge in [0.1, 0.15) is 0 Å². The third-order valence-corrected chi connectivity index (χ3v) is 4.83. The van der Waals surface area contributed by atoms with Crippen molar-refractivity contribution >= 4 is 22.9 Å². The fraction of sp³-hybridized carbons (Fsp3) is 0.250. The summed E-state index contributed by atoms with van der Waals surface area (Å²) in [5, 5.41) is 5.97. The van der Waals surface area contributed by atoms with E-state index in [1.807, 2.05) is 50.4 Å². The van der Waals surface area contributed by atoms with Crippen LogP contribution < -0.4 is 5.32 Å². The third kappa shape index (κ3) is 4.51. The quantitative estimate of drug-likeness (QED) is 0.748. The van der Waals surface area contributed by atoms with Crippen molar-refractivity contribution in [3.05, 3.63) is 75.0 Å². The molecule has 1 aromatic carbocycles. The SMILES string of the molecule is Cc1cc(C)c(NC(=O)Cc2csc(Cc3ccccc3)n2)c(C)n1. The van der Waals surface area contributed by atoms with Gasteiger partial charge in [0, 0.05) is 17.5 Å². The molecule has 0 bridgehead atoms. The Morgan fingerprint density at radius 3 is 2.60 bits per heavy atom. The summed E-state index contributed by atoms with van der Waals surface area (Å²) in [6, 6.07) is 12.2. The Hall–Kier alpha value is -2.53. The fourth-order valence-corrected chi connectivity index (χ4v) is 3.67. The van der Waals surface area contributed by atoms with Gasteiger partial charge in [0.2, 0.25) is 5.91 Å². The van der Waals surface area contributed by atoms with E-state index < -0.39 is 0 Å². The molecular weight excluding hydrogens is 330 g/mol. The highest BCUT2D eigenvalue weighted by Gasteiger charge is 2.12. The van der Waals surface area contributed by atoms with Crippen molar-refractivity contribution in [2.24, 2.45) is 0 Å². The standard InChI is InChI=1S/C20H21N3OS/c1-13-9-14(2)21-15(3)20(13)23-18(24)11-17-12-25-19(22-17)10-16-7-5-4-6-8-16/h4-9,12H,10-11H2,1-3H3,(H,23,24). The Labute approximate surface area is 152 Å². The number of hydrogen-bond donors (Lipinski definition) is 1. The van der Waals surface area contributed by atoms with Gasteiger partial charge in [-0.15, -0.1) is 11.3 Å². The van der Waals surface area contributed by atoms with E-state index in [9.17, 15) is 4.79 Å². The average molecular weight is 351 g/mol. The van der Waals surface area contributed by atoms with E-state index in [-0.39, 0.29) is 12.3 Å². The molecule has 4 nitrogen and oxygen atoms in total. The largest absolute Gasteiger partial charge is 0.324 e. The maximum absolute atomic E-state index is 12.4. The lowest BCUT2D eigenvalue weighted by atomic mass is 10.1. The summed E-state index contributed by atoms with van der Waals surface area (Å²) in [5.41, 5.74) is 5.66. The van der Waals surface area contributed by atoms with Crippen molar-refractivity contribution in [2.45, 2.75) is 33.6 Å². The Morgan fingerprint density at radius 1 is 1.12 bits per heavy atom. The van der Waals surface area contributed by atoms with Crippen molar-refractivity contribution in [1.82, 2.24) is 9.97 Å². The molecule has 0 fully saturated rings. The van der Waals surface area contributed by atoms with E-state index in [0.717, 1.165) is 39.8 Å². The van der Waals surface area contributed by atoms with Crippen molar-refractivity contribution in [1.29, 1.82) is 0 Å². The number of amides is 1. The summed E-state index contributed by atoms with van der Waals surface area (Å²) >= 11 is 1.60. The van der Waals surface area contributed by atoms with Gasteiger partial charge in [0.15, 0.2) is 0 Å². The molecule has 2 heterocycles. The summed E-state index contributed by atoms with van der Waals surface area (Å²) in [6.45, 7) is 5.85. The van der Waals surface area contributed by atoms with Crippen LogP contribution in [0, 0.1) is 20.8 Å². The van der Waals surface area contributed by atoms with E-state index >= 15 is 0 Å². The number of anilines is 1. The Kier molecular flexibility index (Phi) is 5.24. The van der Waals surface area contributed by atoms with Gasteiger partial charge in [-0.3, -0.25) is 9.78 Å². The maximum Gasteiger partial charge on any atom is 0.230 e. The maximum atomic E-state index is 12.4. The molecule has 0 unspecified atom stereocenters. The normalized spacial score (nSPS) is 10.7. The highest BCUT2D eigenvalue weighted by Crippen LogP contribution is 2.20. The number of aromatic nitrogens is 2. The first-order valence-corrected chi connectivity index (χ1v) is 9.11. The highest BCUT2D eigenvalue weighted by molar-refractivity contribution is 7.09. The lowest BCUT2D eigenvalue weighted by Crippen LogP contribution is -2.17. The predicted molar refractivity (Wildman–Crippen MR) is 102 cm³/mol. The molecule has 25 heavy (non-hydrogen) atoms. The van der Waals surface area contributed by atoms with Crippen LogP contribution in [-0.4, -0.2) is 15.9 Å². The highest BCUT2D eigenvalue weighted by atomic mass is 32.1. The number of aryl methyl sites for hydroxylation is 3. The van der Waals surface area contributed by atoms with E-state index in [0.29, 0.717) is 0 Å². The van der Waals surface area contributed by atoms with Gasteiger partial charge in [-0.1, -0.05) is 30.3 Å². The van der Waals surface area contributed by atoms with Crippen LogP contribution in [0.5, 0.6) is 0 Å². The minimum atomic E-state index is -0.0617. The van der Waals surface area contributed by atoms with E-state index in [2.05, 4.69) is 27.4 Å². The molecule has 0 spiro atoms. The van der Waals surface area contributed by atoms with E-state index in [1.165, 1.54) is 5.56 Å². The van der Waals surface area contributed by atoms with Crippen LogP contribution in [0.1, 0.15) is 33.2 Å². The number of nitrogens with one attached hydrogen (secondary N) is 1. The first-order valence-electron chi connectivity index (χ1n) is 8.23. The zero-order valence-corrected chi connectivity index (χ0v) is 15.5. The van der Waals surface area contributed by atoms with Gasteiger partial charge in [0.25, 0.3) is 0 Å². The number of pyridine rings is 1. The van der Waals surface area contributed by atoms with Crippen LogP contribution in [-0.2, 0) is 17.6 Å². The number of rotatable bonds is 5. The minimum absolute atomic E-state index is 0.0617. The Bertz CT molecular complexity index is 864. The molecular formula is C20H21N3OS. The molecule has 3 aromatic rings. The lowest BCUT2D eigenvalue weighted by molar-refractivity contribution is -0.115. The van der Waals surface area contributed by atoms with E-state index in [1.54, 1.807) is 11.3 Å². The molecule has 2 aromatic heterocycles. The van der Waals surface area contributed by atoms with Crippen LogP contribution in [0.3, 0.4) is 0 Å². The molecule has 5 heteroatoms. The second kappa shape index (κ2) is 7.57. The van der Waals surface area contributed by atoms with Crippen LogP contribution in [0.4, 0.5) is 5.69 Å². The first-order chi connectivity index (χ1) is 12.0. The zero-order chi connectivity index (χ0) is 17.8. The van der Waals surface area contributed by atoms with E-state index in [4.69, 9.17) is 0 Å². The van der Waals surface area contributed by atoms with Crippen molar-refractivity contribution < 1.29 is 4.79 Å². The lowest BCUT2D eigenvalue weighted by Gasteiger charge is -2.11. The van der Waals surface area contributed by atoms with Crippen molar-refractivity contribution in [3.63, 3.8) is 0 Å². The molecule has 0 aliphatic heterocycles. The van der Waals surface area contributed by atoms with Gasteiger partial charge >= 0.3 is 0 Å². The van der Waals surface area contributed by atoms with Crippen molar-refractivity contribution in [2.75, 3.05) is 5.32 Å². The summed E-state index contributed by atoms with van der Waals surface area (Å²) in [6.07, 6.45) is 1.07. The topological polar surface area (TPSA) is 54.9 Å². The molecule has 0 saturated carbocycles. The molecule has 0 saturated heterocycles. The second-order valence-corrected chi connectivity index (χ2v) is 7.10. The molecule has 3 rings (SSSR count). The summed E-state index contributed by atoms with van der Waals surface area (Å²) in [7, 11) is 0. The van der Waals surface area contributed by atoms with Gasteiger partial charge in [-0.05, 0) is 38.0 Å². The monoisotopic (exact) mass is 351 g/mol. The van der Waals surface area contributed by atoms with Gasteiger partial charge in [-0.25, -0.2) is 4.98 Å². The minimum Gasteiger partial charge on any atom is -0.324 e. The van der Waals surface area contributed by atoms with Crippen LogP contribution in [0.25, 0.3) is 0 Å². The Morgan fingerprint density at radius 2 is 1.88 bits per heavy atom. The molecule has 1 amide bonds. The predicted octanol–water partition coefficient (Wildman–Crippen LogP) is 4.24. The summed E-state index contributed by atoms with van der Waals surface area (Å²) in [5.74, 6) is -0.0617. The molecule has 1 N–H and O–H groups in total. The first kappa shape index (κ1) is 17.3. The zero-order valence-electron chi connectivity index (χ0n) is 14.7. The number of carbonyl (C=O) groups is 1. The third-order valence-electron chi connectivity index (χ3n) is 3.93. The Balaban J connectivity index is 1.64. The smallest absolute Gasteiger partial charge is 0.230 e. The van der Waals surface area contributed by atoms with Gasteiger partial charge < -0.3 is 5.32 Å². The molecule has 0 radical (unpaired) electrons. The molecule has 0 aliphatic carbocycles. The van der Waals surface area contributed by atoms with Crippen LogP contribution >= 0.6 is 11.3 Å². The summed E-state index contributed by atoms with van der Waals surface area (Å²) < 4.78 is 0. The van der Waals surface area contributed by atoms with Crippen LogP contribution in [0.2, 0.25) is 0 Å². The number of hydrogen-bond acceptors (Lipinski definition) is 4. The molecule has 0 atom stereocenters. The van der Waals surface area contributed by atoms with Crippen LogP contribution in [0.15, 0.2) is 41.8 Å². The fourth-order valence-electron chi connectivity index (χ4n) is 2.84. The number of nitrogens with zero attached hydrogens (tertiary/aromatic N) is 2. The number of benzene rings is 1. The van der Waals surface area contributed by atoms with Gasteiger partial charge in [-0.2, -0.15) is 0 Å². The molecule has 128 valence electrons. The second-order valence-electron chi connectivity index (χ2n) is 6.16. The number of carbonyl (C=O) groups excluding carboxylic acids is 1.